The third-order valence-electron chi connectivity index (χ3n) is 9.77. The lowest BCUT2D eigenvalue weighted by atomic mass is 9.68. The van der Waals surface area contributed by atoms with Crippen molar-refractivity contribution in [3.8, 4) is 0 Å². The molecule has 1 aromatic carbocycles. The van der Waals surface area contributed by atoms with Gasteiger partial charge in [-0.1, -0.05) is 18.1 Å². The minimum absolute atomic E-state index is 0.0450. The van der Waals surface area contributed by atoms with Crippen molar-refractivity contribution in [2.75, 3.05) is 19.6 Å². The zero-order valence-corrected chi connectivity index (χ0v) is 22.1. The molecule has 7 rings (SSSR count). The zero-order valence-electron chi connectivity index (χ0n) is 22.1. The molecule has 194 valence electrons. The van der Waals surface area contributed by atoms with Crippen LogP contribution in [0.4, 0.5) is 0 Å². The van der Waals surface area contributed by atoms with Crippen LogP contribution < -0.4 is 5.63 Å². The molecule has 5 heterocycles. The van der Waals surface area contributed by atoms with E-state index in [4.69, 9.17) is 8.83 Å². The molecule has 3 saturated heterocycles. The summed E-state index contributed by atoms with van der Waals surface area (Å²) in [5, 5.41) is 1.86. The van der Waals surface area contributed by atoms with Gasteiger partial charge in [-0.15, -0.1) is 0 Å². The minimum Gasteiger partial charge on any atom is -0.463 e. The molecule has 1 aliphatic carbocycles. The standard InChI is InChI=1S/C31H36N2O4/c1-17-11-25-28(30-27(17)18(2)16-36-30)19(3)23(31(35)37-25)14-26(34)33-10-6-7-20-12-21-13-22(29(20)33)15-32-9-5-4-8-24(21)32/h11-12,16,21-22,24,29H,4-10,13-15H2,1-3H3/t21-,22+,24-,29-/m1/s1. The molecule has 6 nitrogen and oxygen atoms in total. The van der Waals surface area contributed by atoms with Gasteiger partial charge in [0.1, 0.15) is 11.2 Å². The highest BCUT2D eigenvalue weighted by atomic mass is 16.4. The Morgan fingerprint density at radius 3 is 2.81 bits per heavy atom. The van der Waals surface area contributed by atoms with E-state index in [2.05, 4.69) is 15.9 Å². The van der Waals surface area contributed by atoms with Crippen LogP contribution in [-0.2, 0) is 11.2 Å². The van der Waals surface area contributed by atoms with Gasteiger partial charge >= 0.3 is 5.63 Å². The summed E-state index contributed by atoms with van der Waals surface area (Å²) in [6.45, 7) is 9.02. The maximum absolute atomic E-state index is 13.9. The number of likely N-dealkylation sites (tertiary alicyclic amines) is 1. The van der Waals surface area contributed by atoms with Gasteiger partial charge in [-0.3, -0.25) is 9.69 Å². The van der Waals surface area contributed by atoms with E-state index in [9.17, 15) is 9.59 Å². The Morgan fingerprint density at radius 2 is 1.95 bits per heavy atom. The van der Waals surface area contributed by atoms with Crippen LogP contribution in [0.25, 0.3) is 21.9 Å². The topological polar surface area (TPSA) is 66.9 Å². The van der Waals surface area contributed by atoms with E-state index in [1.807, 2.05) is 26.8 Å². The zero-order chi connectivity index (χ0) is 25.4. The van der Waals surface area contributed by atoms with Gasteiger partial charge in [-0.2, -0.15) is 0 Å². The number of piperidine rings is 3. The van der Waals surface area contributed by atoms with E-state index < -0.39 is 5.63 Å². The number of fused-ring (bicyclic) bond motifs is 9. The van der Waals surface area contributed by atoms with E-state index in [-0.39, 0.29) is 18.4 Å². The maximum Gasteiger partial charge on any atom is 0.340 e. The monoisotopic (exact) mass is 500 g/mol. The van der Waals surface area contributed by atoms with Gasteiger partial charge < -0.3 is 13.7 Å². The second-order valence-electron chi connectivity index (χ2n) is 12.0. The van der Waals surface area contributed by atoms with Crippen LogP contribution in [0.2, 0.25) is 0 Å². The lowest BCUT2D eigenvalue weighted by Crippen LogP contribution is -2.60. The van der Waals surface area contributed by atoms with E-state index in [1.54, 1.807) is 6.26 Å². The first-order valence-electron chi connectivity index (χ1n) is 14.1. The largest absolute Gasteiger partial charge is 0.463 e. The van der Waals surface area contributed by atoms with Gasteiger partial charge in [-0.05, 0) is 94.0 Å². The molecule has 4 atom stereocenters. The Morgan fingerprint density at radius 1 is 1.08 bits per heavy atom. The Balaban J connectivity index is 1.24. The maximum atomic E-state index is 13.9. The van der Waals surface area contributed by atoms with Crippen LogP contribution >= 0.6 is 0 Å². The smallest absolute Gasteiger partial charge is 0.340 e. The van der Waals surface area contributed by atoms with Gasteiger partial charge in [0.15, 0.2) is 0 Å². The highest BCUT2D eigenvalue weighted by molar-refractivity contribution is 6.07. The number of amides is 1. The molecule has 4 aliphatic rings. The Labute approximate surface area is 217 Å². The molecule has 2 aromatic heterocycles. The fraction of sp³-hybridized carbons (Fsp3) is 0.548. The quantitative estimate of drug-likeness (QED) is 0.347. The van der Waals surface area contributed by atoms with Crippen LogP contribution in [-0.4, -0.2) is 47.4 Å². The predicted molar refractivity (Wildman–Crippen MR) is 144 cm³/mol. The fourth-order valence-corrected chi connectivity index (χ4v) is 8.18. The number of carbonyl (C=O) groups excluding carboxylic acids is 1. The highest BCUT2D eigenvalue weighted by Crippen LogP contribution is 2.45. The molecule has 0 radical (unpaired) electrons. The first-order chi connectivity index (χ1) is 17.9. The molecular formula is C31H36N2O4. The van der Waals surface area contributed by atoms with Crippen molar-refractivity contribution in [3.63, 3.8) is 0 Å². The van der Waals surface area contributed by atoms with Crippen LogP contribution in [0.15, 0.2) is 37.6 Å². The van der Waals surface area contributed by atoms with E-state index in [1.165, 1.54) is 37.8 Å². The van der Waals surface area contributed by atoms with Gasteiger partial charge in [0, 0.05) is 24.5 Å². The number of nitrogens with zero attached hydrogens (tertiary/aromatic N) is 2. The number of furan rings is 1. The average molecular weight is 501 g/mol. The summed E-state index contributed by atoms with van der Waals surface area (Å²) in [6, 6.07) is 2.78. The molecule has 3 aromatic rings. The van der Waals surface area contributed by atoms with Gasteiger partial charge in [0.2, 0.25) is 5.91 Å². The first-order valence-corrected chi connectivity index (χ1v) is 14.1. The summed E-state index contributed by atoms with van der Waals surface area (Å²) in [7, 11) is 0. The number of aryl methyl sites for hydroxylation is 3. The van der Waals surface area contributed by atoms with Gasteiger partial charge in [0.05, 0.1) is 29.7 Å². The molecule has 0 spiro atoms. The van der Waals surface area contributed by atoms with E-state index >= 15 is 0 Å². The molecule has 3 fully saturated rings. The van der Waals surface area contributed by atoms with Crippen LogP contribution in [0, 0.1) is 32.6 Å². The van der Waals surface area contributed by atoms with Crippen molar-refractivity contribution in [1.82, 2.24) is 9.80 Å². The molecule has 0 N–H and O–H groups in total. The van der Waals surface area contributed by atoms with E-state index in [0.29, 0.717) is 29.0 Å². The van der Waals surface area contributed by atoms with Crippen molar-refractivity contribution in [2.45, 2.75) is 77.8 Å². The summed E-state index contributed by atoms with van der Waals surface area (Å²) in [6.07, 6.45) is 11.6. The summed E-state index contributed by atoms with van der Waals surface area (Å²) in [4.78, 5) is 31.9. The van der Waals surface area contributed by atoms with Crippen LogP contribution in [0.3, 0.4) is 0 Å². The number of benzene rings is 1. The molecule has 3 aliphatic heterocycles. The van der Waals surface area contributed by atoms with E-state index in [0.717, 1.165) is 59.0 Å². The molecule has 37 heavy (non-hydrogen) atoms. The number of rotatable bonds is 2. The number of carbonyl (C=O) groups is 1. The van der Waals surface area contributed by atoms with Crippen molar-refractivity contribution in [1.29, 1.82) is 0 Å². The van der Waals surface area contributed by atoms with Crippen molar-refractivity contribution < 1.29 is 13.6 Å². The van der Waals surface area contributed by atoms with Gasteiger partial charge in [0.25, 0.3) is 0 Å². The summed E-state index contributed by atoms with van der Waals surface area (Å²) in [5.74, 6) is 1.17. The second-order valence-corrected chi connectivity index (χ2v) is 12.0. The highest BCUT2D eigenvalue weighted by Gasteiger charge is 2.47. The third kappa shape index (κ3) is 3.55. The summed E-state index contributed by atoms with van der Waals surface area (Å²) >= 11 is 0. The molecule has 1 amide bonds. The Kier molecular flexibility index (Phi) is 5.40. The van der Waals surface area contributed by atoms with Crippen molar-refractivity contribution in [3.05, 3.63) is 56.7 Å². The average Bonchev–Trinajstić information content (AvgIpc) is 3.27. The Bertz CT molecular complexity index is 1510. The fourth-order valence-electron chi connectivity index (χ4n) is 8.18. The lowest BCUT2D eigenvalue weighted by Gasteiger charge is -2.54. The van der Waals surface area contributed by atoms with Crippen molar-refractivity contribution >= 4 is 27.8 Å². The molecule has 6 heteroatoms. The Hall–Kier alpha value is -2.86. The molecule has 0 saturated carbocycles. The normalized spacial score (nSPS) is 27.8. The number of hydrogen-bond donors (Lipinski definition) is 0. The number of hydrogen-bond acceptors (Lipinski definition) is 5. The SMILES string of the molecule is Cc1coc2c1c(C)cc1oc(=O)c(CC(=O)N3CCCC4=C[C@@H]5C[C@@H](CN6CCCC[C@H]56)[C@@H]43)c(C)c12. The second kappa shape index (κ2) is 8.59. The van der Waals surface area contributed by atoms with Crippen molar-refractivity contribution in [2.24, 2.45) is 11.8 Å². The van der Waals surface area contributed by atoms with Crippen LogP contribution in [0.5, 0.6) is 0 Å². The first kappa shape index (κ1) is 23.3. The molecular weight excluding hydrogens is 464 g/mol. The third-order valence-corrected chi connectivity index (χ3v) is 9.77. The summed E-state index contributed by atoms with van der Waals surface area (Å²) in [5.41, 5.74) is 5.66. The minimum atomic E-state index is -0.411. The lowest BCUT2D eigenvalue weighted by molar-refractivity contribution is -0.135. The molecule has 0 unspecified atom stereocenters. The van der Waals surface area contributed by atoms with Gasteiger partial charge in [-0.25, -0.2) is 4.79 Å². The predicted octanol–water partition coefficient (Wildman–Crippen LogP) is 5.43. The summed E-state index contributed by atoms with van der Waals surface area (Å²) < 4.78 is 11.7. The van der Waals surface area contributed by atoms with Crippen LogP contribution in [0.1, 0.15) is 60.8 Å². The molecule has 2 bridgehead atoms.